The van der Waals surface area contributed by atoms with Crippen LogP contribution in [0.3, 0.4) is 0 Å². The molecule has 2 rings (SSSR count). The summed E-state index contributed by atoms with van der Waals surface area (Å²) in [5.41, 5.74) is 3.54. The lowest BCUT2D eigenvalue weighted by atomic mass is 9.91. The van der Waals surface area contributed by atoms with Gasteiger partial charge in [0, 0.05) is 0 Å². The van der Waals surface area contributed by atoms with Gasteiger partial charge >= 0.3 is 0 Å². The fourth-order valence-electron chi connectivity index (χ4n) is 3.46. The van der Waals surface area contributed by atoms with Crippen molar-refractivity contribution in [1.29, 1.82) is 0 Å². The van der Waals surface area contributed by atoms with Crippen LogP contribution >= 0.6 is 0 Å². The second kappa shape index (κ2) is 10.0. The highest BCUT2D eigenvalue weighted by Gasteiger charge is 2.07. The average molecular weight is 272 g/mol. The van der Waals surface area contributed by atoms with E-state index in [2.05, 4.69) is 24.3 Å². The second-order valence-electron chi connectivity index (χ2n) is 6.46. The fraction of sp³-hybridized carbons (Fsp3) is 0.700. The van der Waals surface area contributed by atoms with Crippen molar-refractivity contribution in [1.82, 2.24) is 0 Å². The van der Waals surface area contributed by atoms with E-state index in [1.165, 1.54) is 89.9 Å². The second-order valence-corrected chi connectivity index (χ2v) is 6.46. The van der Waals surface area contributed by atoms with Crippen molar-refractivity contribution in [3.05, 3.63) is 35.5 Å². The van der Waals surface area contributed by atoms with Crippen molar-refractivity contribution in [3.8, 4) is 0 Å². The first kappa shape index (κ1) is 15.6. The molecule has 0 unspecified atom stereocenters. The molecule has 0 N–H and O–H groups in total. The topological polar surface area (TPSA) is 0 Å². The average Bonchev–Trinajstić information content (AvgIpc) is 2.46. The third-order valence-corrected chi connectivity index (χ3v) is 4.77. The fourth-order valence-corrected chi connectivity index (χ4v) is 3.46. The summed E-state index contributed by atoms with van der Waals surface area (Å²) in [6.07, 6.45) is 28.8. The molecule has 0 saturated heterocycles. The quantitative estimate of drug-likeness (QED) is 0.421. The molecule has 20 heavy (non-hydrogen) atoms. The minimum absolute atomic E-state index is 1.22. The lowest BCUT2D eigenvalue weighted by Crippen LogP contribution is -1.96. The van der Waals surface area contributed by atoms with Crippen LogP contribution in [0.15, 0.2) is 35.5 Å². The minimum atomic E-state index is 1.22. The normalized spacial score (nSPS) is 30.4. The third-order valence-electron chi connectivity index (χ3n) is 4.77. The lowest BCUT2D eigenvalue weighted by Gasteiger charge is -2.16. The lowest BCUT2D eigenvalue weighted by molar-refractivity contribution is 0.554. The molecular formula is C20H32. The third kappa shape index (κ3) is 6.11. The van der Waals surface area contributed by atoms with Gasteiger partial charge in [-0.05, 0) is 51.4 Å². The van der Waals surface area contributed by atoms with Gasteiger partial charge < -0.3 is 0 Å². The van der Waals surface area contributed by atoms with E-state index in [-0.39, 0.29) is 0 Å². The van der Waals surface area contributed by atoms with Crippen LogP contribution in [0.2, 0.25) is 0 Å². The standard InChI is InChI=1S/C20H32/c1-2-4-8-12-16-20-18-14-10-6-5-9-13-17-19(20)15-11-7-3-1/h9-10,13-14H,1-8,11-12,15-18H2/b13-9-,14-10-,20-19-. The number of hydrogen-bond donors (Lipinski definition) is 0. The van der Waals surface area contributed by atoms with Gasteiger partial charge in [-0.15, -0.1) is 0 Å². The summed E-state index contributed by atoms with van der Waals surface area (Å²) >= 11 is 0. The molecule has 0 fully saturated rings. The van der Waals surface area contributed by atoms with Gasteiger partial charge in [-0.2, -0.15) is 0 Å². The summed E-state index contributed by atoms with van der Waals surface area (Å²) in [6, 6.07) is 0. The SMILES string of the molecule is C1=C\C/C2=C(\C/C=C\CC/1)CCCCCCCCCC2. The molecule has 0 bridgehead atoms. The molecule has 2 aliphatic rings. The molecular weight excluding hydrogens is 240 g/mol. The first-order valence-corrected chi connectivity index (χ1v) is 8.96. The highest BCUT2D eigenvalue weighted by atomic mass is 14.1. The molecule has 0 aromatic heterocycles. The zero-order valence-corrected chi connectivity index (χ0v) is 13.2. The van der Waals surface area contributed by atoms with Gasteiger partial charge in [0.05, 0.1) is 0 Å². The molecule has 0 nitrogen and oxygen atoms in total. The Balaban J connectivity index is 2.05. The Kier molecular flexibility index (Phi) is 7.82. The Hall–Kier alpha value is -0.780. The van der Waals surface area contributed by atoms with Crippen LogP contribution in [0.1, 0.15) is 89.9 Å². The summed E-state index contributed by atoms with van der Waals surface area (Å²) < 4.78 is 0. The van der Waals surface area contributed by atoms with Crippen molar-refractivity contribution in [2.24, 2.45) is 0 Å². The van der Waals surface area contributed by atoms with Gasteiger partial charge in [0.25, 0.3) is 0 Å². The van der Waals surface area contributed by atoms with Crippen LogP contribution in [0.4, 0.5) is 0 Å². The van der Waals surface area contributed by atoms with E-state index < -0.39 is 0 Å². The molecule has 0 amide bonds. The molecule has 0 saturated carbocycles. The Labute approximate surface area is 126 Å². The molecule has 0 heteroatoms. The molecule has 0 heterocycles. The molecule has 0 aromatic rings. The van der Waals surface area contributed by atoms with Gasteiger partial charge in [0.15, 0.2) is 0 Å². The maximum absolute atomic E-state index is 2.43. The molecule has 112 valence electrons. The maximum Gasteiger partial charge on any atom is -0.0136 e. The van der Waals surface area contributed by atoms with Crippen molar-refractivity contribution in [2.45, 2.75) is 89.9 Å². The van der Waals surface area contributed by atoms with E-state index in [1.807, 2.05) is 0 Å². The Bertz CT molecular complexity index is 309. The van der Waals surface area contributed by atoms with Crippen LogP contribution < -0.4 is 0 Å². The smallest absolute Gasteiger partial charge is 0.0136 e. The summed E-state index contributed by atoms with van der Waals surface area (Å²) in [5, 5.41) is 0. The molecule has 2 aliphatic carbocycles. The number of rotatable bonds is 0. The van der Waals surface area contributed by atoms with Gasteiger partial charge in [0.2, 0.25) is 0 Å². The molecule has 0 atom stereocenters. The Morgan fingerprint density at radius 2 is 0.850 bits per heavy atom. The van der Waals surface area contributed by atoms with Crippen LogP contribution in [0.25, 0.3) is 0 Å². The Morgan fingerprint density at radius 3 is 1.30 bits per heavy atom. The van der Waals surface area contributed by atoms with Gasteiger partial charge in [-0.1, -0.05) is 74.0 Å². The predicted molar refractivity (Wildman–Crippen MR) is 89.9 cm³/mol. The summed E-state index contributed by atoms with van der Waals surface area (Å²) in [5.74, 6) is 0. The highest BCUT2D eigenvalue weighted by molar-refractivity contribution is 5.21. The van der Waals surface area contributed by atoms with E-state index in [1.54, 1.807) is 11.1 Å². The predicted octanol–water partition coefficient (Wildman–Crippen LogP) is 6.88. The summed E-state index contributed by atoms with van der Waals surface area (Å²) in [6.45, 7) is 0. The summed E-state index contributed by atoms with van der Waals surface area (Å²) in [4.78, 5) is 0. The first-order chi connectivity index (χ1) is 9.97. The molecule has 0 radical (unpaired) electrons. The van der Waals surface area contributed by atoms with Crippen LogP contribution in [-0.4, -0.2) is 0 Å². The summed E-state index contributed by atoms with van der Waals surface area (Å²) in [7, 11) is 0. The molecule has 0 aromatic carbocycles. The number of allylic oxidation sites excluding steroid dienone is 6. The highest BCUT2D eigenvalue weighted by Crippen LogP contribution is 2.27. The minimum Gasteiger partial charge on any atom is -0.0879 e. The molecule has 0 aliphatic heterocycles. The molecule has 0 spiro atoms. The van der Waals surface area contributed by atoms with Crippen LogP contribution in [0, 0.1) is 0 Å². The van der Waals surface area contributed by atoms with Crippen LogP contribution in [-0.2, 0) is 0 Å². The first-order valence-electron chi connectivity index (χ1n) is 8.96. The number of hydrogen-bond acceptors (Lipinski definition) is 0. The van der Waals surface area contributed by atoms with E-state index in [0.29, 0.717) is 0 Å². The zero-order valence-electron chi connectivity index (χ0n) is 13.2. The van der Waals surface area contributed by atoms with Crippen molar-refractivity contribution in [2.75, 3.05) is 0 Å². The van der Waals surface area contributed by atoms with Crippen LogP contribution in [0.5, 0.6) is 0 Å². The van der Waals surface area contributed by atoms with Crippen molar-refractivity contribution < 1.29 is 0 Å². The zero-order chi connectivity index (χ0) is 13.9. The monoisotopic (exact) mass is 272 g/mol. The van der Waals surface area contributed by atoms with Gasteiger partial charge in [0.1, 0.15) is 0 Å². The van der Waals surface area contributed by atoms with Crippen molar-refractivity contribution in [3.63, 3.8) is 0 Å². The van der Waals surface area contributed by atoms with E-state index in [4.69, 9.17) is 0 Å². The van der Waals surface area contributed by atoms with Gasteiger partial charge in [-0.3, -0.25) is 0 Å². The van der Waals surface area contributed by atoms with Gasteiger partial charge in [-0.25, -0.2) is 0 Å². The van der Waals surface area contributed by atoms with Crippen molar-refractivity contribution >= 4 is 0 Å². The van der Waals surface area contributed by atoms with E-state index in [0.717, 1.165) is 0 Å². The van der Waals surface area contributed by atoms with E-state index in [9.17, 15) is 0 Å². The largest absolute Gasteiger partial charge is 0.0879 e. The Morgan fingerprint density at radius 1 is 0.450 bits per heavy atom. The van der Waals surface area contributed by atoms with E-state index >= 15 is 0 Å². The maximum atomic E-state index is 2.43.